The Hall–Kier alpha value is -1.08. The first-order valence-electron chi connectivity index (χ1n) is 6.97. The first kappa shape index (κ1) is 18.3. The molecule has 23 heavy (non-hydrogen) atoms. The number of sulfonamides is 1. The van der Waals surface area contributed by atoms with Gasteiger partial charge in [0.1, 0.15) is 5.82 Å². The third-order valence-corrected chi connectivity index (χ3v) is 6.03. The van der Waals surface area contributed by atoms with Gasteiger partial charge in [-0.1, -0.05) is 29.8 Å². The van der Waals surface area contributed by atoms with Crippen LogP contribution in [0.5, 0.6) is 0 Å². The van der Waals surface area contributed by atoms with Crippen LogP contribution in [0.25, 0.3) is 0 Å². The molecule has 2 rings (SSSR count). The summed E-state index contributed by atoms with van der Waals surface area (Å²) in [7, 11) is -3.61. The van der Waals surface area contributed by atoms with Crippen molar-refractivity contribution < 1.29 is 12.8 Å². The lowest BCUT2D eigenvalue weighted by atomic mass is 10.2. The zero-order chi connectivity index (χ0) is 16.9. The molecule has 0 saturated heterocycles. The van der Waals surface area contributed by atoms with E-state index in [4.69, 9.17) is 11.6 Å². The van der Waals surface area contributed by atoms with Gasteiger partial charge in [-0.3, -0.25) is 0 Å². The maximum Gasteiger partial charge on any atom is 0.240 e. The molecular weight excluding hydrogens is 357 g/mol. The van der Waals surface area contributed by atoms with E-state index in [1.54, 1.807) is 11.8 Å². The van der Waals surface area contributed by atoms with E-state index in [-0.39, 0.29) is 4.90 Å². The van der Waals surface area contributed by atoms with Crippen molar-refractivity contribution in [3.63, 3.8) is 0 Å². The van der Waals surface area contributed by atoms with Crippen LogP contribution in [0, 0.1) is 12.7 Å². The Morgan fingerprint density at radius 1 is 1.22 bits per heavy atom. The molecule has 0 unspecified atom stereocenters. The molecule has 0 aromatic heterocycles. The summed E-state index contributed by atoms with van der Waals surface area (Å²) in [5, 5.41) is 0.711. The van der Waals surface area contributed by atoms with E-state index in [9.17, 15) is 12.8 Å². The van der Waals surface area contributed by atoms with Crippen LogP contribution in [0.1, 0.15) is 11.1 Å². The number of hydrogen-bond acceptors (Lipinski definition) is 3. The molecule has 0 heterocycles. The number of aryl methyl sites for hydroxylation is 1. The number of halogens is 2. The molecule has 7 heteroatoms. The van der Waals surface area contributed by atoms with Gasteiger partial charge in [-0.2, -0.15) is 11.8 Å². The summed E-state index contributed by atoms with van der Waals surface area (Å²) in [4.78, 5) is 0.0764. The van der Waals surface area contributed by atoms with Gasteiger partial charge >= 0.3 is 0 Å². The summed E-state index contributed by atoms with van der Waals surface area (Å²) in [6.45, 7) is 1.84. The highest BCUT2D eigenvalue weighted by molar-refractivity contribution is 7.98. The van der Waals surface area contributed by atoms with Gasteiger partial charge in [0.15, 0.2) is 0 Å². The molecule has 124 valence electrons. The summed E-state index contributed by atoms with van der Waals surface area (Å²) >= 11 is 7.65. The van der Waals surface area contributed by atoms with Crippen molar-refractivity contribution in [2.45, 2.75) is 17.6 Å². The van der Waals surface area contributed by atoms with Crippen LogP contribution in [0.4, 0.5) is 4.39 Å². The number of thioether (sulfide) groups is 1. The molecule has 0 bridgehead atoms. The topological polar surface area (TPSA) is 46.2 Å². The molecule has 0 spiro atoms. The van der Waals surface area contributed by atoms with Crippen LogP contribution in [0.2, 0.25) is 5.02 Å². The standard InChI is InChI=1S/C16H17ClFNO2S2/c1-12-10-14(6-7-16(12)18)23(20,21)19-8-9-22-11-13-4-2-3-5-15(13)17/h2-7,10,19H,8-9,11H2,1H3. The maximum absolute atomic E-state index is 13.2. The van der Waals surface area contributed by atoms with Crippen LogP contribution in [-0.4, -0.2) is 20.7 Å². The van der Waals surface area contributed by atoms with Gasteiger partial charge in [-0.15, -0.1) is 0 Å². The Morgan fingerprint density at radius 3 is 2.65 bits per heavy atom. The van der Waals surface area contributed by atoms with E-state index in [0.717, 1.165) is 17.4 Å². The molecule has 0 radical (unpaired) electrons. The van der Waals surface area contributed by atoms with Crippen LogP contribution in [0.3, 0.4) is 0 Å². The summed E-state index contributed by atoms with van der Waals surface area (Å²) < 4.78 is 40.0. The van der Waals surface area contributed by atoms with Crippen molar-refractivity contribution in [3.8, 4) is 0 Å². The van der Waals surface area contributed by atoms with E-state index >= 15 is 0 Å². The fraction of sp³-hybridized carbons (Fsp3) is 0.250. The van der Waals surface area contributed by atoms with Crippen molar-refractivity contribution >= 4 is 33.4 Å². The summed E-state index contributed by atoms with van der Waals surface area (Å²) in [6.07, 6.45) is 0. The maximum atomic E-state index is 13.2. The first-order chi connectivity index (χ1) is 10.9. The molecule has 0 aliphatic heterocycles. The summed E-state index contributed by atoms with van der Waals surface area (Å²) in [5.74, 6) is 0.918. The lowest BCUT2D eigenvalue weighted by Crippen LogP contribution is -2.26. The van der Waals surface area contributed by atoms with Crippen molar-refractivity contribution in [1.82, 2.24) is 4.72 Å². The zero-order valence-corrected chi connectivity index (χ0v) is 14.9. The van der Waals surface area contributed by atoms with Crippen LogP contribution < -0.4 is 4.72 Å². The monoisotopic (exact) mass is 373 g/mol. The van der Waals surface area contributed by atoms with Gasteiger partial charge in [-0.25, -0.2) is 17.5 Å². The van der Waals surface area contributed by atoms with Crippen LogP contribution >= 0.6 is 23.4 Å². The van der Waals surface area contributed by atoms with Crippen molar-refractivity contribution in [3.05, 3.63) is 64.4 Å². The molecule has 0 fully saturated rings. The van der Waals surface area contributed by atoms with Gasteiger partial charge in [0.2, 0.25) is 10.0 Å². The largest absolute Gasteiger partial charge is 0.240 e. The molecule has 0 aliphatic carbocycles. The minimum Gasteiger partial charge on any atom is -0.210 e. The number of rotatable bonds is 7. The van der Waals surface area contributed by atoms with Crippen LogP contribution in [0.15, 0.2) is 47.4 Å². The predicted molar refractivity (Wildman–Crippen MR) is 93.9 cm³/mol. The number of nitrogens with one attached hydrogen (secondary N) is 1. The van der Waals surface area contributed by atoms with Gasteiger partial charge in [0.25, 0.3) is 0 Å². The smallest absolute Gasteiger partial charge is 0.210 e. The van der Waals surface area contributed by atoms with Gasteiger partial charge in [-0.05, 0) is 42.3 Å². The average Bonchev–Trinajstić information content (AvgIpc) is 2.51. The second-order valence-corrected chi connectivity index (χ2v) is 8.23. The SMILES string of the molecule is Cc1cc(S(=O)(=O)NCCSCc2ccccc2Cl)ccc1F. The van der Waals surface area contributed by atoms with E-state index in [0.29, 0.717) is 22.9 Å². The normalized spacial score (nSPS) is 11.6. The van der Waals surface area contributed by atoms with E-state index in [1.807, 2.05) is 24.3 Å². The summed E-state index contributed by atoms with van der Waals surface area (Å²) in [6, 6.07) is 11.3. The van der Waals surface area contributed by atoms with E-state index < -0.39 is 15.8 Å². The molecule has 2 aromatic carbocycles. The van der Waals surface area contributed by atoms with Gasteiger partial charge in [0.05, 0.1) is 4.90 Å². The molecule has 2 aromatic rings. The van der Waals surface area contributed by atoms with Crippen molar-refractivity contribution in [1.29, 1.82) is 0 Å². The molecule has 0 aliphatic rings. The first-order valence-corrected chi connectivity index (χ1v) is 9.99. The highest BCUT2D eigenvalue weighted by Gasteiger charge is 2.14. The fourth-order valence-corrected chi connectivity index (χ4v) is 4.30. The Kier molecular flexibility index (Phi) is 6.47. The van der Waals surface area contributed by atoms with E-state index in [1.165, 1.54) is 19.1 Å². The summed E-state index contributed by atoms with van der Waals surface area (Å²) in [5.41, 5.74) is 1.33. The molecular formula is C16H17ClFNO2S2. The second-order valence-electron chi connectivity index (χ2n) is 4.95. The lowest BCUT2D eigenvalue weighted by molar-refractivity contribution is 0.582. The quantitative estimate of drug-likeness (QED) is 0.746. The molecule has 0 saturated carbocycles. The predicted octanol–water partition coefficient (Wildman–Crippen LogP) is 4.00. The van der Waals surface area contributed by atoms with Crippen molar-refractivity contribution in [2.24, 2.45) is 0 Å². The molecule has 0 atom stereocenters. The molecule has 3 nitrogen and oxygen atoms in total. The highest BCUT2D eigenvalue weighted by atomic mass is 35.5. The fourth-order valence-electron chi connectivity index (χ4n) is 1.91. The molecule has 0 amide bonds. The third-order valence-electron chi connectivity index (χ3n) is 3.19. The van der Waals surface area contributed by atoms with Crippen LogP contribution in [-0.2, 0) is 15.8 Å². The third kappa shape index (κ3) is 5.21. The minimum absolute atomic E-state index is 0.0764. The second kappa shape index (κ2) is 8.15. The average molecular weight is 374 g/mol. The zero-order valence-electron chi connectivity index (χ0n) is 12.6. The molecule has 1 N–H and O–H groups in total. The Bertz CT molecular complexity index is 781. The minimum atomic E-state index is -3.61. The highest BCUT2D eigenvalue weighted by Crippen LogP contribution is 2.20. The Balaban J connectivity index is 1.83. The van der Waals surface area contributed by atoms with Gasteiger partial charge in [0, 0.05) is 23.1 Å². The lowest BCUT2D eigenvalue weighted by Gasteiger charge is -2.08. The Morgan fingerprint density at radius 2 is 1.96 bits per heavy atom. The number of hydrogen-bond donors (Lipinski definition) is 1. The van der Waals surface area contributed by atoms with Crippen molar-refractivity contribution in [2.75, 3.05) is 12.3 Å². The Labute approximate surface area is 145 Å². The number of benzene rings is 2. The van der Waals surface area contributed by atoms with Gasteiger partial charge < -0.3 is 0 Å². The van der Waals surface area contributed by atoms with E-state index in [2.05, 4.69) is 4.72 Å².